The van der Waals surface area contributed by atoms with Crippen LogP contribution in [0.15, 0.2) is 49.8 Å². The van der Waals surface area contributed by atoms with Crippen LogP contribution in [0, 0.1) is 6.92 Å². The molecule has 106 valence electrons. The molecule has 1 heterocycles. The quantitative estimate of drug-likeness (QED) is 0.653. The standard InChI is InChI=1S/C15H10Br2N2O2/c1-8-18-13-7-10(3-5-14(13)21-8)19-15(20)11-4-2-9(16)6-12(11)17/h2-7H,1H3,(H,19,20). The highest BCUT2D eigenvalue weighted by Crippen LogP contribution is 2.24. The van der Waals surface area contributed by atoms with Gasteiger partial charge in [0.2, 0.25) is 0 Å². The van der Waals surface area contributed by atoms with Gasteiger partial charge in [-0.3, -0.25) is 4.79 Å². The number of carbonyl (C=O) groups is 1. The number of fused-ring (bicyclic) bond motifs is 1. The lowest BCUT2D eigenvalue weighted by atomic mass is 10.2. The number of anilines is 1. The van der Waals surface area contributed by atoms with Crippen LogP contribution in [0.5, 0.6) is 0 Å². The molecule has 2 aromatic carbocycles. The number of aromatic nitrogens is 1. The van der Waals surface area contributed by atoms with Crippen molar-refractivity contribution in [2.75, 3.05) is 5.32 Å². The van der Waals surface area contributed by atoms with Gasteiger partial charge >= 0.3 is 0 Å². The van der Waals surface area contributed by atoms with Crippen LogP contribution in [0.3, 0.4) is 0 Å². The first-order valence-corrected chi connectivity index (χ1v) is 7.75. The molecule has 0 radical (unpaired) electrons. The Balaban J connectivity index is 1.88. The van der Waals surface area contributed by atoms with Crippen molar-refractivity contribution >= 4 is 54.6 Å². The molecular formula is C15H10Br2N2O2. The van der Waals surface area contributed by atoms with Gasteiger partial charge in [0.15, 0.2) is 11.5 Å². The topological polar surface area (TPSA) is 55.1 Å². The second-order valence-electron chi connectivity index (χ2n) is 4.49. The Morgan fingerprint density at radius 3 is 2.76 bits per heavy atom. The first kappa shape index (κ1) is 14.3. The molecule has 0 bridgehead atoms. The predicted octanol–water partition coefficient (Wildman–Crippen LogP) is 4.91. The molecule has 1 amide bonds. The van der Waals surface area contributed by atoms with Gasteiger partial charge in [0.25, 0.3) is 5.91 Å². The Morgan fingerprint density at radius 2 is 2.00 bits per heavy atom. The molecule has 0 unspecified atom stereocenters. The zero-order valence-electron chi connectivity index (χ0n) is 11.0. The van der Waals surface area contributed by atoms with Crippen LogP contribution in [0.25, 0.3) is 11.1 Å². The first-order chi connectivity index (χ1) is 10.0. The van der Waals surface area contributed by atoms with Crippen LogP contribution in [0.4, 0.5) is 5.69 Å². The molecule has 6 heteroatoms. The number of amides is 1. The summed E-state index contributed by atoms with van der Waals surface area (Å²) in [5, 5.41) is 2.85. The van der Waals surface area contributed by atoms with Gasteiger partial charge in [0.05, 0.1) is 5.56 Å². The molecule has 21 heavy (non-hydrogen) atoms. The minimum absolute atomic E-state index is 0.186. The third kappa shape index (κ3) is 3.01. The Morgan fingerprint density at radius 1 is 1.19 bits per heavy atom. The van der Waals surface area contributed by atoms with E-state index in [1.54, 1.807) is 31.2 Å². The van der Waals surface area contributed by atoms with E-state index >= 15 is 0 Å². The average Bonchev–Trinajstić information content (AvgIpc) is 2.77. The van der Waals surface area contributed by atoms with Gasteiger partial charge in [-0.2, -0.15) is 0 Å². The Hall–Kier alpha value is -1.66. The highest BCUT2D eigenvalue weighted by atomic mass is 79.9. The molecular weight excluding hydrogens is 400 g/mol. The van der Waals surface area contributed by atoms with Crippen LogP contribution >= 0.6 is 31.9 Å². The van der Waals surface area contributed by atoms with E-state index in [1.807, 2.05) is 12.1 Å². The summed E-state index contributed by atoms with van der Waals surface area (Å²) >= 11 is 6.75. The summed E-state index contributed by atoms with van der Waals surface area (Å²) in [4.78, 5) is 16.5. The van der Waals surface area contributed by atoms with Crippen molar-refractivity contribution in [3.63, 3.8) is 0 Å². The van der Waals surface area contributed by atoms with E-state index in [0.717, 1.165) is 14.5 Å². The minimum atomic E-state index is -0.186. The van der Waals surface area contributed by atoms with E-state index in [4.69, 9.17) is 4.42 Å². The second kappa shape index (κ2) is 5.61. The van der Waals surface area contributed by atoms with Crippen molar-refractivity contribution < 1.29 is 9.21 Å². The van der Waals surface area contributed by atoms with Crippen LogP contribution in [-0.4, -0.2) is 10.9 Å². The summed E-state index contributed by atoms with van der Waals surface area (Å²) in [6.07, 6.45) is 0. The first-order valence-electron chi connectivity index (χ1n) is 6.16. The van der Waals surface area contributed by atoms with Gasteiger partial charge in [0, 0.05) is 21.6 Å². The number of hydrogen-bond acceptors (Lipinski definition) is 3. The summed E-state index contributed by atoms with van der Waals surface area (Å²) in [6, 6.07) is 10.8. The molecule has 0 spiro atoms. The highest BCUT2D eigenvalue weighted by Gasteiger charge is 2.11. The minimum Gasteiger partial charge on any atom is -0.441 e. The molecule has 0 aliphatic heterocycles. The zero-order valence-corrected chi connectivity index (χ0v) is 14.2. The fourth-order valence-corrected chi connectivity index (χ4v) is 3.22. The van der Waals surface area contributed by atoms with Gasteiger partial charge < -0.3 is 9.73 Å². The van der Waals surface area contributed by atoms with E-state index in [9.17, 15) is 4.79 Å². The van der Waals surface area contributed by atoms with Crippen molar-refractivity contribution in [1.82, 2.24) is 4.98 Å². The molecule has 0 aliphatic rings. The van der Waals surface area contributed by atoms with Crippen molar-refractivity contribution in [1.29, 1.82) is 0 Å². The molecule has 0 fully saturated rings. The van der Waals surface area contributed by atoms with Crippen molar-refractivity contribution in [2.45, 2.75) is 6.92 Å². The number of aryl methyl sites for hydroxylation is 1. The number of hydrogen-bond donors (Lipinski definition) is 1. The molecule has 4 nitrogen and oxygen atoms in total. The number of oxazole rings is 1. The summed E-state index contributed by atoms with van der Waals surface area (Å²) in [5.41, 5.74) is 2.67. The van der Waals surface area contributed by atoms with Gasteiger partial charge in [-0.15, -0.1) is 0 Å². The number of nitrogens with one attached hydrogen (secondary N) is 1. The maximum Gasteiger partial charge on any atom is 0.256 e. The molecule has 0 saturated carbocycles. The van der Waals surface area contributed by atoms with Gasteiger partial charge in [0.1, 0.15) is 5.52 Å². The van der Waals surface area contributed by atoms with E-state index in [2.05, 4.69) is 42.2 Å². The predicted molar refractivity (Wildman–Crippen MR) is 88.5 cm³/mol. The van der Waals surface area contributed by atoms with E-state index < -0.39 is 0 Å². The van der Waals surface area contributed by atoms with E-state index in [0.29, 0.717) is 22.7 Å². The number of rotatable bonds is 2. The number of nitrogens with zero attached hydrogens (tertiary/aromatic N) is 1. The molecule has 0 atom stereocenters. The van der Waals surface area contributed by atoms with Crippen molar-refractivity contribution in [3.8, 4) is 0 Å². The summed E-state index contributed by atoms with van der Waals surface area (Å²) in [5.74, 6) is 0.415. The maximum absolute atomic E-state index is 12.3. The Bertz CT molecular complexity index is 843. The normalized spacial score (nSPS) is 10.8. The van der Waals surface area contributed by atoms with Crippen LogP contribution in [0.2, 0.25) is 0 Å². The molecule has 0 saturated heterocycles. The largest absolute Gasteiger partial charge is 0.441 e. The van der Waals surface area contributed by atoms with Gasteiger partial charge in [-0.1, -0.05) is 15.9 Å². The maximum atomic E-state index is 12.3. The van der Waals surface area contributed by atoms with Crippen molar-refractivity contribution in [2.24, 2.45) is 0 Å². The molecule has 1 N–H and O–H groups in total. The van der Waals surface area contributed by atoms with Crippen LogP contribution in [-0.2, 0) is 0 Å². The lowest BCUT2D eigenvalue weighted by Gasteiger charge is -2.07. The SMILES string of the molecule is Cc1nc2cc(NC(=O)c3ccc(Br)cc3Br)ccc2o1. The van der Waals surface area contributed by atoms with Gasteiger partial charge in [-0.25, -0.2) is 4.98 Å². The molecule has 1 aromatic heterocycles. The Kier molecular flexibility index (Phi) is 3.82. The molecule has 0 aliphatic carbocycles. The van der Waals surface area contributed by atoms with E-state index in [1.165, 1.54) is 0 Å². The third-order valence-electron chi connectivity index (χ3n) is 2.93. The summed E-state index contributed by atoms with van der Waals surface area (Å²) in [7, 11) is 0. The fourth-order valence-electron chi connectivity index (χ4n) is 1.99. The van der Waals surface area contributed by atoms with Crippen LogP contribution < -0.4 is 5.32 Å². The molecule has 3 rings (SSSR count). The number of benzene rings is 2. The zero-order chi connectivity index (χ0) is 15.0. The third-order valence-corrected chi connectivity index (χ3v) is 4.08. The smallest absolute Gasteiger partial charge is 0.256 e. The fraction of sp³-hybridized carbons (Fsp3) is 0.0667. The highest BCUT2D eigenvalue weighted by molar-refractivity contribution is 9.11. The lowest BCUT2D eigenvalue weighted by Crippen LogP contribution is -2.12. The monoisotopic (exact) mass is 408 g/mol. The van der Waals surface area contributed by atoms with Gasteiger partial charge in [-0.05, 0) is 52.3 Å². The molecule has 3 aromatic rings. The Labute approximate surface area is 137 Å². The second-order valence-corrected chi connectivity index (χ2v) is 6.26. The number of carbonyl (C=O) groups excluding carboxylic acids is 1. The van der Waals surface area contributed by atoms with Crippen molar-refractivity contribution in [3.05, 3.63) is 56.8 Å². The van der Waals surface area contributed by atoms with E-state index in [-0.39, 0.29) is 5.91 Å². The number of halogens is 2. The van der Waals surface area contributed by atoms with Crippen LogP contribution in [0.1, 0.15) is 16.2 Å². The average molecular weight is 410 g/mol. The summed E-state index contributed by atoms with van der Waals surface area (Å²) in [6.45, 7) is 1.79. The summed E-state index contributed by atoms with van der Waals surface area (Å²) < 4.78 is 7.05. The lowest BCUT2D eigenvalue weighted by molar-refractivity contribution is 0.102.